The zero-order chi connectivity index (χ0) is 15.4. The van der Waals surface area contributed by atoms with E-state index in [1.807, 2.05) is 37.4 Å². The molecule has 0 fully saturated rings. The third kappa shape index (κ3) is 4.13. The van der Waals surface area contributed by atoms with Crippen molar-refractivity contribution in [2.75, 3.05) is 14.2 Å². The van der Waals surface area contributed by atoms with Crippen LogP contribution in [-0.4, -0.2) is 14.2 Å². The van der Waals surface area contributed by atoms with Crippen molar-refractivity contribution >= 4 is 43.5 Å². The molecule has 6 heteroatoms. The second-order valence-corrected chi connectivity index (χ2v) is 6.45. The zero-order valence-electron chi connectivity index (χ0n) is 11.5. The normalized spacial score (nSPS) is 10.5. The van der Waals surface area contributed by atoms with Gasteiger partial charge < -0.3 is 14.8 Å². The van der Waals surface area contributed by atoms with Crippen LogP contribution < -0.4 is 14.8 Å². The Kier molecular flexibility index (Phi) is 5.93. The average Bonchev–Trinajstić information content (AvgIpc) is 2.45. The van der Waals surface area contributed by atoms with Crippen LogP contribution in [0.25, 0.3) is 0 Å². The number of hydrogen-bond acceptors (Lipinski definition) is 3. The summed E-state index contributed by atoms with van der Waals surface area (Å²) < 4.78 is 12.9. The summed E-state index contributed by atoms with van der Waals surface area (Å²) in [6.07, 6.45) is 0. The van der Waals surface area contributed by atoms with Gasteiger partial charge in [0.2, 0.25) is 0 Å². The van der Waals surface area contributed by atoms with Gasteiger partial charge in [0.1, 0.15) is 17.2 Å². The van der Waals surface area contributed by atoms with Crippen LogP contribution in [0.1, 0.15) is 5.56 Å². The van der Waals surface area contributed by atoms with Crippen LogP contribution in [0.2, 0.25) is 5.02 Å². The molecule has 0 amide bonds. The van der Waals surface area contributed by atoms with Crippen LogP contribution in [0.5, 0.6) is 17.2 Å². The summed E-state index contributed by atoms with van der Waals surface area (Å²) in [6, 6.07) is 9.27. The van der Waals surface area contributed by atoms with Crippen molar-refractivity contribution in [3.63, 3.8) is 0 Å². The van der Waals surface area contributed by atoms with Crippen molar-refractivity contribution in [2.45, 2.75) is 6.54 Å². The molecule has 0 heterocycles. The lowest BCUT2D eigenvalue weighted by Crippen LogP contribution is -2.06. The zero-order valence-corrected chi connectivity index (χ0v) is 15.5. The minimum Gasteiger partial charge on any atom is -0.496 e. The topological polar surface area (TPSA) is 30.5 Å². The standard InChI is InChI=1S/C15H14Br2ClNO2/c1-19-8-9-5-10(18)3-4-13(9)21-15-7-11(16)14(20-2)6-12(15)17/h3-7,19H,8H2,1-2H3. The van der Waals surface area contributed by atoms with E-state index >= 15 is 0 Å². The van der Waals surface area contributed by atoms with Gasteiger partial charge >= 0.3 is 0 Å². The van der Waals surface area contributed by atoms with E-state index in [9.17, 15) is 0 Å². The highest BCUT2D eigenvalue weighted by Gasteiger charge is 2.11. The Bertz CT molecular complexity index is 650. The molecule has 21 heavy (non-hydrogen) atoms. The summed E-state index contributed by atoms with van der Waals surface area (Å²) in [7, 11) is 3.50. The van der Waals surface area contributed by atoms with E-state index in [-0.39, 0.29) is 0 Å². The van der Waals surface area contributed by atoms with E-state index < -0.39 is 0 Å². The van der Waals surface area contributed by atoms with E-state index in [2.05, 4.69) is 37.2 Å². The van der Waals surface area contributed by atoms with Crippen LogP contribution in [-0.2, 0) is 6.54 Å². The molecule has 0 aromatic heterocycles. The fourth-order valence-electron chi connectivity index (χ4n) is 1.84. The molecule has 2 aromatic carbocycles. The number of benzene rings is 2. The predicted molar refractivity (Wildman–Crippen MR) is 92.7 cm³/mol. The second kappa shape index (κ2) is 7.49. The van der Waals surface area contributed by atoms with Crippen molar-refractivity contribution < 1.29 is 9.47 Å². The fraction of sp³-hybridized carbons (Fsp3) is 0.200. The van der Waals surface area contributed by atoms with Gasteiger partial charge in [-0.15, -0.1) is 0 Å². The highest BCUT2D eigenvalue weighted by atomic mass is 79.9. The van der Waals surface area contributed by atoms with Gasteiger partial charge in [0, 0.05) is 17.1 Å². The lowest BCUT2D eigenvalue weighted by Gasteiger charge is -2.14. The molecule has 0 saturated heterocycles. The molecule has 0 saturated carbocycles. The van der Waals surface area contributed by atoms with Crippen molar-refractivity contribution in [3.05, 3.63) is 49.9 Å². The number of methoxy groups -OCH3 is 1. The number of ether oxygens (including phenoxy) is 2. The van der Waals surface area contributed by atoms with Gasteiger partial charge in [0.15, 0.2) is 0 Å². The van der Waals surface area contributed by atoms with Crippen LogP contribution in [0, 0.1) is 0 Å². The molecule has 0 aliphatic carbocycles. The third-order valence-corrected chi connectivity index (χ3v) is 4.29. The van der Waals surface area contributed by atoms with E-state index in [1.54, 1.807) is 7.11 Å². The lowest BCUT2D eigenvalue weighted by atomic mass is 10.2. The van der Waals surface area contributed by atoms with Crippen molar-refractivity contribution in [2.24, 2.45) is 0 Å². The minimum atomic E-state index is 0.671. The molecule has 0 aliphatic heterocycles. The molecule has 0 atom stereocenters. The fourth-order valence-corrected chi connectivity index (χ4v) is 2.92. The van der Waals surface area contributed by atoms with Gasteiger partial charge in [-0.3, -0.25) is 0 Å². The van der Waals surface area contributed by atoms with Crippen molar-refractivity contribution in [3.8, 4) is 17.2 Å². The van der Waals surface area contributed by atoms with E-state index in [1.165, 1.54) is 0 Å². The highest BCUT2D eigenvalue weighted by molar-refractivity contribution is 9.11. The Morgan fingerprint density at radius 2 is 1.71 bits per heavy atom. The van der Waals surface area contributed by atoms with E-state index in [4.69, 9.17) is 21.1 Å². The first-order valence-electron chi connectivity index (χ1n) is 6.19. The Balaban J connectivity index is 2.36. The number of halogens is 3. The second-order valence-electron chi connectivity index (χ2n) is 4.30. The van der Waals surface area contributed by atoms with Gasteiger partial charge in [-0.25, -0.2) is 0 Å². The Labute approximate surface area is 145 Å². The molecule has 2 rings (SSSR count). The highest BCUT2D eigenvalue weighted by Crippen LogP contribution is 2.39. The average molecular weight is 436 g/mol. The molecule has 1 N–H and O–H groups in total. The molecule has 0 radical (unpaired) electrons. The summed E-state index contributed by atoms with van der Waals surface area (Å²) in [4.78, 5) is 0. The maximum atomic E-state index is 6.03. The van der Waals surface area contributed by atoms with Gasteiger partial charge in [-0.05, 0) is 69.2 Å². The Hall–Kier alpha value is -0.750. The molecule has 0 unspecified atom stereocenters. The Morgan fingerprint density at radius 1 is 1.05 bits per heavy atom. The van der Waals surface area contributed by atoms with Gasteiger partial charge in [0.05, 0.1) is 16.1 Å². The van der Waals surface area contributed by atoms with Crippen LogP contribution in [0.15, 0.2) is 39.3 Å². The first-order chi connectivity index (χ1) is 10.0. The molecule has 0 aliphatic rings. The molecule has 2 aromatic rings. The SMILES string of the molecule is CNCc1cc(Cl)ccc1Oc1cc(Br)c(OC)cc1Br. The summed E-state index contributed by atoms with van der Waals surface area (Å²) in [5, 5.41) is 3.78. The van der Waals surface area contributed by atoms with E-state index in [0.29, 0.717) is 17.3 Å². The van der Waals surface area contributed by atoms with Crippen molar-refractivity contribution in [1.82, 2.24) is 5.32 Å². The van der Waals surface area contributed by atoms with Crippen LogP contribution >= 0.6 is 43.5 Å². The number of rotatable bonds is 5. The summed E-state index contributed by atoms with van der Waals surface area (Å²) >= 11 is 13.0. The quantitative estimate of drug-likeness (QED) is 0.684. The number of nitrogens with one attached hydrogen (secondary N) is 1. The third-order valence-electron chi connectivity index (χ3n) is 2.82. The van der Waals surface area contributed by atoms with Crippen LogP contribution in [0.3, 0.4) is 0 Å². The summed E-state index contributed by atoms with van der Waals surface area (Å²) in [6.45, 7) is 0.671. The molecular weight excluding hydrogens is 421 g/mol. The smallest absolute Gasteiger partial charge is 0.143 e. The molecule has 0 spiro atoms. The Morgan fingerprint density at radius 3 is 2.38 bits per heavy atom. The van der Waals surface area contributed by atoms with Crippen molar-refractivity contribution in [1.29, 1.82) is 0 Å². The largest absolute Gasteiger partial charge is 0.496 e. The summed E-state index contributed by atoms with van der Waals surface area (Å²) in [5.74, 6) is 2.19. The number of hydrogen-bond donors (Lipinski definition) is 1. The van der Waals surface area contributed by atoms with Gasteiger partial charge in [-0.2, -0.15) is 0 Å². The molecule has 112 valence electrons. The first kappa shape index (κ1) is 16.6. The maximum absolute atomic E-state index is 6.03. The predicted octanol–water partition coefficient (Wildman–Crippen LogP) is 5.39. The molecular formula is C15H14Br2ClNO2. The molecule has 3 nitrogen and oxygen atoms in total. The van der Waals surface area contributed by atoms with E-state index in [0.717, 1.165) is 26.0 Å². The molecule has 0 bridgehead atoms. The maximum Gasteiger partial charge on any atom is 0.143 e. The lowest BCUT2D eigenvalue weighted by molar-refractivity contribution is 0.409. The minimum absolute atomic E-state index is 0.671. The first-order valence-corrected chi connectivity index (χ1v) is 8.15. The summed E-state index contributed by atoms with van der Waals surface area (Å²) in [5.41, 5.74) is 0.990. The monoisotopic (exact) mass is 433 g/mol. The van der Waals surface area contributed by atoms with Gasteiger partial charge in [-0.1, -0.05) is 11.6 Å². The van der Waals surface area contributed by atoms with Gasteiger partial charge in [0.25, 0.3) is 0 Å². The van der Waals surface area contributed by atoms with Crippen LogP contribution in [0.4, 0.5) is 0 Å².